The summed E-state index contributed by atoms with van der Waals surface area (Å²) in [5.41, 5.74) is 2.32. The summed E-state index contributed by atoms with van der Waals surface area (Å²) >= 11 is 5.89. The molecule has 2 rings (SSSR count). The summed E-state index contributed by atoms with van der Waals surface area (Å²) in [5, 5.41) is 4.24. The summed E-state index contributed by atoms with van der Waals surface area (Å²) in [6, 6.07) is 2.53. The lowest BCUT2D eigenvalue weighted by molar-refractivity contribution is 0.486. The van der Waals surface area contributed by atoms with Crippen molar-refractivity contribution in [3.63, 3.8) is 0 Å². The van der Waals surface area contributed by atoms with Crippen LogP contribution in [0.3, 0.4) is 0 Å². The van der Waals surface area contributed by atoms with Gasteiger partial charge in [-0.15, -0.1) is 0 Å². The lowest BCUT2D eigenvalue weighted by atomic mass is 10.00. The number of nitrogens with one attached hydrogen (secondary N) is 1. The number of aryl methyl sites for hydroxylation is 1. The van der Waals surface area contributed by atoms with Crippen molar-refractivity contribution in [2.75, 3.05) is 5.32 Å². The third-order valence-electron chi connectivity index (χ3n) is 3.66. The third kappa shape index (κ3) is 3.88. The van der Waals surface area contributed by atoms with Crippen LogP contribution in [0.4, 0.5) is 5.69 Å². The molecule has 0 aromatic carbocycles. The Hall–Kier alpha value is -0.760. The van der Waals surface area contributed by atoms with E-state index in [9.17, 15) is 0 Å². The lowest BCUT2D eigenvalue weighted by Crippen LogP contribution is -2.23. The SMILES string of the molecule is Cc1cc(Cl)ncc1NC(CCC(C)C)C1CC1. The van der Waals surface area contributed by atoms with Gasteiger partial charge >= 0.3 is 0 Å². The van der Waals surface area contributed by atoms with Crippen LogP contribution in [0.1, 0.15) is 45.1 Å². The average Bonchev–Trinajstić information content (AvgIpc) is 3.10. The average molecular weight is 267 g/mol. The first-order chi connectivity index (χ1) is 8.56. The maximum atomic E-state index is 5.89. The lowest BCUT2D eigenvalue weighted by Gasteiger charge is -2.21. The van der Waals surface area contributed by atoms with Crippen LogP contribution in [0.2, 0.25) is 5.15 Å². The molecular formula is C15H23ClN2. The van der Waals surface area contributed by atoms with Crippen molar-refractivity contribution in [3.8, 4) is 0 Å². The minimum absolute atomic E-state index is 0.572. The van der Waals surface area contributed by atoms with E-state index in [1.165, 1.54) is 31.2 Å². The predicted octanol–water partition coefficient (Wildman–Crippen LogP) is 4.67. The number of nitrogens with zero attached hydrogens (tertiary/aromatic N) is 1. The fraction of sp³-hybridized carbons (Fsp3) is 0.667. The van der Waals surface area contributed by atoms with E-state index < -0.39 is 0 Å². The Kier molecular flexibility index (Phi) is 4.50. The highest BCUT2D eigenvalue weighted by Crippen LogP contribution is 2.37. The quantitative estimate of drug-likeness (QED) is 0.757. The predicted molar refractivity (Wildman–Crippen MR) is 78.2 cm³/mol. The Bertz CT molecular complexity index is 399. The monoisotopic (exact) mass is 266 g/mol. The van der Waals surface area contributed by atoms with Crippen LogP contribution in [0.5, 0.6) is 0 Å². The summed E-state index contributed by atoms with van der Waals surface area (Å²) in [5.74, 6) is 1.64. The molecule has 1 heterocycles. The molecule has 0 saturated heterocycles. The van der Waals surface area contributed by atoms with E-state index >= 15 is 0 Å². The van der Waals surface area contributed by atoms with E-state index in [0.29, 0.717) is 11.2 Å². The maximum absolute atomic E-state index is 5.89. The molecule has 1 aromatic heterocycles. The Morgan fingerprint density at radius 2 is 2.11 bits per heavy atom. The summed E-state index contributed by atoms with van der Waals surface area (Å²) in [6.07, 6.45) is 7.15. The molecule has 1 N–H and O–H groups in total. The zero-order valence-corrected chi connectivity index (χ0v) is 12.3. The zero-order valence-electron chi connectivity index (χ0n) is 11.5. The van der Waals surface area contributed by atoms with E-state index in [4.69, 9.17) is 11.6 Å². The minimum Gasteiger partial charge on any atom is -0.381 e. The van der Waals surface area contributed by atoms with Gasteiger partial charge in [0.05, 0.1) is 11.9 Å². The van der Waals surface area contributed by atoms with Gasteiger partial charge in [0.15, 0.2) is 0 Å². The molecule has 0 bridgehead atoms. The van der Waals surface area contributed by atoms with Gasteiger partial charge in [-0.05, 0) is 56.1 Å². The van der Waals surface area contributed by atoms with Crippen molar-refractivity contribution in [3.05, 3.63) is 23.0 Å². The van der Waals surface area contributed by atoms with Crippen LogP contribution < -0.4 is 5.32 Å². The molecule has 0 spiro atoms. The van der Waals surface area contributed by atoms with Gasteiger partial charge in [0.25, 0.3) is 0 Å². The smallest absolute Gasteiger partial charge is 0.129 e. The molecule has 3 heteroatoms. The fourth-order valence-electron chi connectivity index (χ4n) is 2.31. The maximum Gasteiger partial charge on any atom is 0.129 e. The van der Waals surface area contributed by atoms with Gasteiger partial charge in [0, 0.05) is 6.04 Å². The van der Waals surface area contributed by atoms with Crippen LogP contribution >= 0.6 is 11.6 Å². The minimum atomic E-state index is 0.572. The normalized spacial score (nSPS) is 16.9. The van der Waals surface area contributed by atoms with Gasteiger partial charge in [0.2, 0.25) is 0 Å². The van der Waals surface area contributed by atoms with Gasteiger partial charge in [-0.1, -0.05) is 25.4 Å². The first-order valence-electron chi connectivity index (χ1n) is 6.95. The van der Waals surface area contributed by atoms with E-state index in [2.05, 4.69) is 31.1 Å². The highest BCUT2D eigenvalue weighted by molar-refractivity contribution is 6.29. The Morgan fingerprint density at radius 1 is 1.39 bits per heavy atom. The molecule has 1 unspecified atom stereocenters. The Morgan fingerprint density at radius 3 is 2.67 bits per heavy atom. The van der Waals surface area contributed by atoms with Crippen molar-refractivity contribution in [2.45, 2.75) is 52.5 Å². The van der Waals surface area contributed by atoms with E-state index in [1.54, 1.807) is 0 Å². The van der Waals surface area contributed by atoms with Gasteiger partial charge < -0.3 is 5.32 Å². The number of aromatic nitrogens is 1. The number of hydrogen-bond donors (Lipinski definition) is 1. The van der Waals surface area contributed by atoms with Crippen molar-refractivity contribution in [2.24, 2.45) is 11.8 Å². The summed E-state index contributed by atoms with van der Waals surface area (Å²) in [4.78, 5) is 4.17. The van der Waals surface area contributed by atoms with Gasteiger partial charge in [-0.3, -0.25) is 0 Å². The number of pyridine rings is 1. The van der Waals surface area contributed by atoms with E-state index in [-0.39, 0.29) is 0 Å². The molecule has 0 aliphatic heterocycles. The van der Waals surface area contributed by atoms with Crippen molar-refractivity contribution >= 4 is 17.3 Å². The molecule has 1 aromatic rings. The molecule has 0 amide bonds. The van der Waals surface area contributed by atoms with Crippen molar-refractivity contribution in [1.29, 1.82) is 0 Å². The molecule has 1 aliphatic carbocycles. The molecular weight excluding hydrogens is 244 g/mol. The molecule has 100 valence electrons. The highest BCUT2D eigenvalue weighted by atomic mass is 35.5. The largest absolute Gasteiger partial charge is 0.381 e. The Balaban J connectivity index is 1.99. The number of rotatable bonds is 6. The van der Waals surface area contributed by atoms with Crippen LogP contribution in [-0.4, -0.2) is 11.0 Å². The van der Waals surface area contributed by atoms with E-state index in [1.807, 2.05) is 12.3 Å². The van der Waals surface area contributed by atoms with Crippen molar-refractivity contribution < 1.29 is 0 Å². The third-order valence-corrected chi connectivity index (χ3v) is 3.87. The molecule has 0 radical (unpaired) electrons. The van der Waals surface area contributed by atoms with Crippen LogP contribution in [0, 0.1) is 18.8 Å². The van der Waals surface area contributed by atoms with E-state index in [0.717, 1.165) is 17.5 Å². The number of hydrogen-bond acceptors (Lipinski definition) is 2. The molecule has 1 saturated carbocycles. The first-order valence-corrected chi connectivity index (χ1v) is 7.32. The highest BCUT2D eigenvalue weighted by Gasteiger charge is 2.31. The summed E-state index contributed by atoms with van der Waals surface area (Å²) in [6.45, 7) is 6.67. The van der Waals surface area contributed by atoms with Crippen LogP contribution in [0.15, 0.2) is 12.3 Å². The van der Waals surface area contributed by atoms with Gasteiger partial charge in [-0.2, -0.15) is 0 Å². The molecule has 1 aliphatic rings. The zero-order chi connectivity index (χ0) is 13.1. The topological polar surface area (TPSA) is 24.9 Å². The number of halogens is 1. The number of anilines is 1. The second-order valence-electron chi connectivity index (χ2n) is 5.88. The molecule has 18 heavy (non-hydrogen) atoms. The van der Waals surface area contributed by atoms with Crippen LogP contribution in [0.25, 0.3) is 0 Å². The second kappa shape index (κ2) is 5.92. The van der Waals surface area contributed by atoms with Gasteiger partial charge in [-0.25, -0.2) is 4.98 Å². The first kappa shape index (κ1) is 13.7. The summed E-state index contributed by atoms with van der Waals surface area (Å²) < 4.78 is 0. The molecule has 1 fully saturated rings. The summed E-state index contributed by atoms with van der Waals surface area (Å²) in [7, 11) is 0. The molecule has 2 nitrogen and oxygen atoms in total. The van der Waals surface area contributed by atoms with Crippen molar-refractivity contribution in [1.82, 2.24) is 4.98 Å². The van der Waals surface area contributed by atoms with Gasteiger partial charge in [0.1, 0.15) is 5.15 Å². The standard InChI is InChI=1S/C15H23ClN2/c1-10(2)4-7-13(12-5-6-12)18-14-9-17-15(16)8-11(14)3/h8-10,12-13,18H,4-7H2,1-3H3. The fourth-order valence-corrected chi connectivity index (χ4v) is 2.52. The molecule has 1 atom stereocenters. The van der Waals surface area contributed by atoms with Crippen LogP contribution in [-0.2, 0) is 0 Å². The second-order valence-corrected chi connectivity index (χ2v) is 6.27. The Labute approximate surface area is 115 Å².